The van der Waals surface area contributed by atoms with E-state index in [4.69, 9.17) is 0 Å². The van der Waals surface area contributed by atoms with Crippen LogP contribution in [-0.2, 0) is 14.6 Å². The second-order valence-electron chi connectivity index (χ2n) is 6.83. The maximum Gasteiger partial charge on any atom is 0.165 e. The summed E-state index contributed by atoms with van der Waals surface area (Å²) >= 11 is 1.61. The lowest BCUT2D eigenvalue weighted by atomic mass is 9.88. The maximum absolute atomic E-state index is 13.6. The first kappa shape index (κ1) is 19.0. The fourth-order valence-electron chi connectivity index (χ4n) is 3.43. The van der Waals surface area contributed by atoms with Crippen LogP contribution in [0.3, 0.4) is 0 Å². The summed E-state index contributed by atoms with van der Waals surface area (Å²) in [5, 5.41) is -0.0254. The highest BCUT2D eigenvalue weighted by atomic mass is 32.2. The van der Waals surface area contributed by atoms with Gasteiger partial charge in [-0.2, -0.15) is 0 Å². The summed E-state index contributed by atoms with van der Waals surface area (Å²) < 4.78 is 26.2. The summed E-state index contributed by atoms with van der Waals surface area (Å²) in [5.41, 5.74) is 1.93. The molecule has 0 heterocycles. The molecule has 0 saturated heterocycles. The van der Waals surface area contributed by atoms with Gasteiger partial charge in [0.1, 0.15) is 4.75 Å². The Morgan fingerprint density at radius 2 is 1.65 bits per heavy atom. The van der Waals surface area contributed by atoms with Crippen molar-refractivity contribution >= 4 is 21.6 Å². The molecular weight excluding hydrogens is 360 g/mol. The molecule has 0 aromatic heterocycles. The Morgan fingerprint density at radius 1 is 1.04 bits per heavy atom. The monoisotopic (exact) mass is 384 g/mol. The van der Waals surface area contributed by atoms with Crippen LogP contribution in [-0.4, -0.2) is 19.4 Å². The lowest BCUT2D eigenvalue weighted by molar-refractivity contribution is 0.553. The molecule has 2 nitrogen and oxygen atoms in total. The third-order valence-corrected chi connectivity index (χ3v) is 8.53. The zero-order valence-electron chi connectivity index (χ0n) is 15.1. The van der Waals surface area contributed by atoms with Gasteiger partial charge in [0.15, 0.2) is 9.84 Å². The normalized spacial score (nSPS) is 21.2. The number of rotatable bonds is 6. The van der Waals surface area contributed by atoms with Gasteiger partial charge < -0.3 is 0 Å². The van der Waals surface area contributed by atoms with Crippen LogP contribution < -0.4 is 0 Å². The third-order valence-electron chi connectivity index (χ3n) is 4.64. The lowest BCUT2D eigenvalue weighted by Crippen LogP contribution is -2.39. The number of hydrogen-bond donors (Lipinski definition) is 0. The van der Waals surface area contributed by atoms with Gasteiger partial charge in [0.25, 0.3) is 0 Å². The minimum absolute atomic E-state index is 0.0254. The van der Waals surface area contributed by atoms with E-state index in [2.05, 4.69) is 0 Å². The number of benzene rings is 2. The molecule has 2 unspecified atom stereocenters. The first-order chi connectivity index (χ1) is 12.4. The van der Waals surface area contributed by atoms with Crippen LogP contribution in [0.25, 0.3) is 0 Å². The van der Waals surface area contributed by atoms with Gasteiger partial charge in [-0.25, -0.2) is 8.42 Å². The number of sulfone groups is 1. The quantitative estimate of drug-likeness (QED) is 0.627. The predicted octanol–water partition coefficient (Wildman–Crippen LogP) is 5.38. The third kappa shape index (κ3) is 3.97. The molecule has 0 saturated carbocycles. The standard InChI is InChI=1S/C22H24O2S2/c1-18-10-9-15-22(16-18,20-11-5-3-6-12-20)26(23,24)17-19(2)25-21-13-7-4-8-14-21/h3-15,19H,16-17H2,1-2H3. The summed E-state index contributed by atoms with van der Waals surface area (Å²) in [6.45, 7) is 3.99. The van der Waals surface area contributed by atoms with Crippen LogP contribution in [0.15, 0.2) is 89.4 Å². The fourth-order valence-corrected chi connectivity index (χ4v) is 7.17. The summed E-state index contributed by atoms with van der Waals surface area (Å²) in [6, 6.07) is 19.6. The van der Waals surface area contributed by atoms with Crippen molar-refractivity contribution in [2.75, 3.05) is 5.75 Å². The average Bonchev–Trinajstić information content (AvgIpc) is 2.62. The first-order valence-corrected chi connectivity index (χ1v) is 11.3. The molecular formula is C22H24O2S2. The van der Waals surface area contributed by atoms with E-state index in [0.29, 0.717) is 6.42 Å². The van der Waals surface area contributed by atoms with Gasteiger partial charge in [-0.05, 0) is 31.0 Å². The van der Waals surface area contributed by atoms with E-state index < -0.39 is 14.6 Å². The number of allylic oxidation sites excluding steroid dienone is 3. The van der Waals surface area contributed by atoms with Crippen molar-refractivity contribution in [2.24, 2.45) is 0 Å². The molecule has 1 aliphatic carbocycles. The fraction of sp³-hybridized carbons (Fsp3) is 0.273. The van der Waals surface area contributed by atoms with E-state index in [1.807, 2.05) is 92.7 Å². The van der Waals surface area contributed by atoms with Gasteiger partial charge in [-0.3, -0.25) is 0 Å². The zero-order valence-corrected chi connectivity index (χ0v) is 16.8. The predicted molar refractivity (Wildman–Crippen MR) is 111 cm³/mol. The number of hydrogen-bond acceptors (Lipinski definition) is 3. The van der Waals surface area contributed by atoms with Crippen LogP contribution in [0.1, 0.15) is 25.8 Å². The van der Waals surface area contributed by atoms with Gasteiger partial charge in [-0.1, -0.05) is 79.3 Å². The Bertz CT molecular complexity index is 900. The summed E-state index contributed by atoms with van der Waals surface area (Å²) in [7, 11) is -3.40. The summed E-state index contributed by atoms with van der Waals surface area (Å²) in [5.74, 6) is 0.138. The van der Waals surface area contributed by atoms with Crippen LogP contribution in [0.2, 0.25) is 0 Å². The van der Waals surface area contributed by atoms with E-state index in [9.17, 15) is 8.42 Å². The van der Waals surface area contributed by atoms with Gasteiger partial charge in [0, 0.05) is 10.1 Å². The molecule has 1 aliphatic rings. The molecule has 0 aliphatic heterocycles. The first-order valence-electron chi connectivity index (χ1n) is 8.77. The molecule has 26 heavy (non-hydrogen) atoms. The highest BCUT2D eigenvalue weighted by molar-refractivity contribution is 8.01. The minimum Gasteiger partial charge on any atom is -0.228 e. The number of thioether (sulfide) groups is 1. The molecule has 3 rings (SSSR count). The second kappa shape index (κ2) is 7.85. The van der Waals surface area contributed by atoms with Crippen molar-refractivity contribution in [1.29, 1.82) is 0 Å². The topological polar surface area (TPSA) is 34.1 Å². The molecule has 0 N–H and O–H groups in total. The Morgan fingerprint density at radius 3 is 2.27 bits per heavy atom. The highest BCUT2D eigenvalue weighted by Crippen LogP contribution is 2.42. The van der Waals surface area contributed by atoms with Gasteiger partial charge in [0.2, 0.25) is 0 Å². The van der Waals surface area contributed by atoms with Crippen LogP contribution >= 0.6 is 11.8 Å². The van der Waals surface area contributed by atoms with Crippen molar-refractivity contribution in [3.63, 3.8) is 0 Å². The van der Waals surface area contributed by atoms with Crippen LogP contribution in [0.5, 0.6) is 0 Å². The molecule has 136 valence electrons. The Labute approximate surface area is 161 Å². The zero-order chi connectivity index (χ0) is 18.6. The smallest absolute Gasteiger partial charge is 0.165 e. The van der Waals surface area contributed by atoms with Crippen molar-refractivity contribution in [3.05, 3.63) is 90.0 Å². The van der Waals surface area contributed by atoms with Gasteiger partial charge >= 0.3 is 0 Å². The van der Waals surface area contributed by atoms with E-state index in [-0.39, 0.29) is 11.0 Å². The molecule has 0 radical (unpaired) electrons. The molecule has 2 aromatic carbocycles. The van der Waals surface area contributed by atoms with Crippen molar-refractivity contribution in [2.45, 2.75) is 35.2 Å². The van der Waals surface area contributed by atoms with Gasteiger partial charge in [0.05, 0.1) is 5.75 Å². The Hall–Kier alpha value is -1.78. The largest absolute Gasteiger partial charge is 0.228 e. The van der Waals surface area contributed by atoms with E-state index in [1.165, 1.54) is 0 Å². The molecule has 0 fully saturated rings. The van der Waals surface area contributed by atoms with E-state index >= 15 is 0 Å². The van der Waals surface area contributed by atoms with Crippen LogP contribution in [0.4, 0.5) is 0 Å². The minimum atomic E-state index is -3.40. The van der Waals surface area contributed by atoms with E-state index in [1.54, 1.807) is 11.8 Å². The Kier molecular flexibility index (Phi) is 5.73. The lowest BCUT2D eigenvalue weighted by Gasteiger charge is -2.34. The summed E-state index contributed by atoms with van der Waals surface area (Å²) in [6.07, 6.45) is 6.26. The molecule has 0 bridgehead atoms. The summed E-state index contributed by atoms with van der Waals surface area (Å²) in [4.78, 5) is 1.10. The molecule has 0 amide bonds. The highest BCUT2D eigenvalue weighted by Gasteiger charge is 2.44. The van der Waals surface area contributed by atoms with E-state index in [0.717, 1.165) is 16.0 Å². The van der Waals surface area contributed by atoms with Crippen molar-refractivity contribution < 1.29 is 8.42 Å². The molecule has 0 spiro atoms. The SMILES string of the molecule is CC1=CC=CC(c2ccccc2)(S(=O)(=O)CC(C)Sc2ccccc2)C1. The molecule has 2 atom stereocenters. The average molecular weight is 385 g/mol. The Balaban J connectivity index is 1.91. The van der Waals surface area contributed by atoms with Crippen molar-refractivity contribution in [1.82, 2.24) is 0 Å². The van der Waals surface area contributed by atoms with Gasteiger partial charge in [-0.15, -0.1) is 11.8 Å². The molecule has 2 aromatic rings. The maximum atomic E-state index is 13.6. The van der Waals surface area contributed by atoms with Crippen molar-refractivity contribution in [3.8, 4) is 0 Å². The second-order valence-corrected chi connectivity index (χ2v) is 10.6. The molecule has 4 heteroatoms. The van der Waals surface area contributed by atoms with Crippen LogP contribution in [0, 0.1) is 0 Å².